The number of hydrogen-bond donors (Lipinski definition) is 1. The molecule has 0 fully saturated rings. The lowest BCUT2D eigenvalue weighted by molar-refractivity contribution is 0.635. The molecule has 2 aromatic heterocycles. The molecule has 0 radical (unpaired) electrons. The average Bonchev–Trinajstić information content (AvgIpc) is 2.72. The van der Waals surface area contributed by atoms with Crippen molar-refractivity contribution in [2.75, 3.05) is 6.54 Å². The first-order valence-corrected chi connectivity index (χ1v) is 6.38. The number of aryl methyl sites for hydroxylation is 3. The Morgan fingerprint density at radius 3 is 2.47 bits per heavy atom. The van der Waals surface area contributed by atoms with Gasteiger partial charge in [0.25, 0.3) is 5.56 Å². The van der Waals surface area contributed by atoms with Gasteiger partial charge in [-0.3, -0.25) is 13.9 Å². The molecule has 2 rings (SSSR count). The third kappa shape index (κ3) is 1.99. The zero-order chi connectivity index (χ0) is 14.2. The van der Waals surface area contributed by atoms with E-state index in [4.69, 9.17) is 5.73 Å². The van der Waals surface area contributed by atoms with Crippen molar-refractivity contribution in [3.63, 3.8) is 0 Å². The fourth-order valence-corrected chi connectivity index (χ4v) is 2.25. The normalized spacial score (nSPS) is 11.4. The van der Waals surface area contributed by atoms with Crippen LogP contribution in [0.4, 0.5) is 0 Å². The SMILES string of the molecule is CCn1c(=O)c2c(nc(CCCN)n2C)n(C)c1=O. The lowest BCUT2D eigenvalue weighted by Gasteiger charge is -2.05. The lowest BCUT2D eigenvalue weighted by Crippen LogP contribution is -2.39. The second-order valence-corrected chi connectivity index (χ2v) is 4.54. The third-order valence-corrected chi connectivity index (χ3v) is 3.37. The molecule has 0 aliphatic heterocycles. The van der Waals surface area contributed by atoms with Crippen molar-refractivity contribution in [2.24, 2.45) is 19.8 Å². The van der Waals surface area contributed by atoms with Crippen molar-refractivity contribution >= 4 is 11.2 Å². The molecule has 0 aliphatic carbocycles. The van der Waals surface area contributed by atoms with E-state index in [9.17, 15) is 9.59 Å². The summed E-state index contributed by atoms with van der Waals surface area (Å²) in [7, 11) is 3.43. The zero-order valence-electron chi connectivity index (χ0n) is 11.5. The Balaban J connectivity index is 2.80. The minimum Gasteiger partial charge on any atom is -0.330 e. The molecule has 0 aliphatic rings. The van der Waals surface area contributed by atoms with Gasteiger partial charge in [0.15, 0.2) is 11.2 Å². The Morgan fingerprint density at radius 1 is 1.21 bits per heavy atom. The van der Waals surface area contributed by atoms with Gasteiger partial charge in [-0.15, -0.1) is 0 Å². The minimum atomic E-state index is -0.330. The Kier molecular flexibility index (Phi) is 3.57. The van der Waals surface area contributed by atoms with Crippen LogP contribution in [-0.4, -0.2) is 25.2 Å². The highest BCUT2D eigenvalue weighted by molar-refractivity contribution is 5.70. The molecule has 0 amide bonds. The van der Waals surface area contributed by atoms with E-state index in [-0.39, 0.29) is 11.2 Å². The van der Waals surface area contributed by atoms with Crippen LogP contribution in [0.2, 0.25) is 0 Å². The number of imidazole rings is 1. The van der Waals surface area contributed by atoms with Gasteiger partial charge in [-0.25, -0.2) is 9.78 Å². The molecule has 2 aromatic rings. The summed E-state index contributed by atoms with van der Waals surface area (Å²) < 4.78 is 4.40. The number of nitrogens with zero attached hydrogens (tertiary/aromatic N) is 4. The van der Waals surface area contributed by atoms with Crippen LogP contribution in [0.3, 0.4) is 0 Å². The van der Waals surface area contributed by atoms with Gasteiger partial charge in [-0.1, -0.05) is 0 Å². The molecule has 0 bridgehead atoms. The maximum Gasteiger partial charge on any atom is 0.332 e. The van der Waals surface area contributed by atoms with E-state index in [2.05, 4.69) is 4.98 Å². The van der Waals surface area contributed by atoms with Crippen molar-refractivity contribution in [3.8, 4) is 0 Å². The van der Waals surface area contributed by atoms with E-state index >= 15 is 0 Å². The molecule has 0 atom stereocenters. The molecular weight excluding hydrogens is 246 g/mol. The Hall–Kier alpha value is -1.89. The first-order chi connectivity index (χ1) is 9.02. The van der Waals surface area contributed by atoms with E-state index in [1.54, 1.807) is 25.6 Å². The van der Waals surface area contributed by atoms with Gasteiger partial charge in [0.2, 0.25) is 0 Å². The van der Waals surface area contributed by atoms with E-state index < -0.39 is 0 Å². The van der Waals surface area contributed by atoms with E-state index in [1.165, 1.54) is 9.13 Å². The summed E-state index contributed by atoms with van der Waals surface area (Å²) in [6, 6.07) is 0. The standard InChI is InChI=1S/C12H19N5O2/c1-4-17-11(18)9-10(16(3)12(17)19)14-8(15(9)2)6-5-7-13/h4-7,13H2,1-3H3. The lowest BCUT2D eigenvalue weighted by atomic mass is 10.3. The molecule has 0 unspecified atom stereocenters. The van der Waals surface area contributed by atoms with Crippen molar-refractivity contribution in [3.05, 3.63) is 26.7 Å². The van der Waals surface area contributed by atoms with Crippen molar-refractivity contribution in [1.82, 2.24) is 18.7 Å². The zero-order valence-corrected chi connectivity index (χ0v) is 11.5. The molecule has 0 saturated carbocycles. The monoisotopic (exact) mass is 265 g/mol. The predicted octanol–water partition coefficient (Wildman–Crippen LogP) is -0.655. The Labute approximate surface area is 110 Å². The second-order valence-electron chi connectivity index (χ2n) is 4.54. The van der Waals surface area contributed by atoms with Gasteiger partial charge in [0.05, 0.1) is 0 Å². The van der Waals surface area contributed by atoms with E-state index in [1.807, 2.05) is 0 Å². The minimum absolute atomic E-state index is 0.283. The molecule has 19 heavy (non-hydrogen) atoms. The summed E-state index contributed by atoms with van der Waals surface area (Å²) in [6.07, 6.45) is 1.49. The van der Waals surface area contributed by atoms with Crippen molar-refractivity contribution in [2.45, 2.75) is 26.3 Å². The molecule has 104 valence electrons. The highest BCUT2D eigenvalue weighted by atomic mass is 16.2. The fraction of sp³-hybridized carbons (Fsp3) is 0.583. The summed E-state index contributed by atoms with van der Waals surface area (Å²) in [4.78, 5) is 28.7. The number of nitrogens with two attached hydrogens (primary N) is 1. The molecular formula is C12H19N5O2. The van der Waals surface area contributed by atoms with Crippen LogP contribution in [0.15, 0.2) is 9.59 Å². The Morgan fingerprint density at radius 2 is 1.89 bits per heavy atom. The van der Waals surface area contributed by atoms with Crippen LogP contribution in [0.1, 0.15) is 19.2 Å². The summed E-state index contributed by atoms with van der Waals surface area (Å²) in [6.45, 7) is 2.70. The van der Waals surface area contributed by atoms with Crippen LogP contribution in [0.5, 0.6) is 0 Å². The largest absolute Gasteiger partial charge is 0.332 e. The summed E-state index contributed by atoms with van der Waals surface area (Å²) in [5, 5.41) is 0. The van der Waals surface area contributed by atoms with Crippen molar-refractivity contribution < 1.29 is 0 Å². The third-order valence-electron chi connectivity index (χ3n) is 3.37. The highest BCUT2D eigenvalue weighted by Gasteiger charge is 2.17. The van der Waals surface area contributed by atoms with Crippen LogP contribution < -0.4 is 17.0 Å². The first kappa shape index (κ1) is 13.5. The number of aromatic nitrogens is 4. The maximum atomic E-state index is 12.3. The van der Waals surface area contributed by atoms with Gasteiger partial charge >= 0.3 is 5.69 Å². The summed E-state index contributed by atoms with van der Waals surface area (Å²) in [5.41, 5.74) is 5.79. The van der Waals surface area contributed by atoms with Crippen LogP contribution in [0.25, 0.3) is 11.2 Å². The van der Waals surface area contributed by atoms with Gasteiger partial charge in [0.1, 0.15) is 5.82 Å². The molecule has 0 aromatic carbocycles. The number of hydrogen-bond acceptors (Lipinski definition) is 4. The van der Waals surface area contributed by atoms with Crippen LogP contribution in [0, 0.1) is 0 Å². The summed E-state index contributed by atoms with van der Waals surface area (Å²) >= 11 is 0. The molecule has 0 spiro atoms. The van der Waals surface area contributed by atoms with Crippen molar-refractivity contribution in [1.29, 1.82) is 0 Å². The average molecular weight is 265 g/mol. The molecule has 0 saturated heterocycles. The van der Waals surface area contributed by atoms with Crippen LogP contribution in [-0.2, 0) is 27.1 Å². The van der Waals surface area contributed by atoms with Gasteiger partial charge in [0, 0.05) is 27.1 Å². The Bertz CT molecular complexity index is 722. The molecule has 7 nitrogen and oxygen atoms in total. The molecule has 2 N–H and O–H groups in total. The quantitative estimate of drug-likeness (QED) is 0.795. The number of rotatable bonds is 4. The maximum absolute atomic E-state index is 12.3. The second kappa shape index (κ2) is 5.00. The van der Waals surface area contributed by atoms with Gasteiger partial charge in [-0.2, -0.15) is 0 Å². The fourth-order valence-electron chi connectivity index (χ4n) is 2.25. The molecule has 7 heteroatoms. The van der Waals surface area contributed by atoms with E-state index in [0.29, 0.717) is 30.7 Å². The van der Waals surface area contributed by atoms with Gasteiger partial charge in [-0.05, 0) is 19.9 Å². The highest BCUT2D eigenvalue weighted by Crippen LogP contribution is 2.10. The predicted molar refractivity (Wildman–Crippen MR) is 73.3 cm³/mol. The van der Waals surface area contributed by atoms with E-state index in [0.717, 1.165) is 12.2 Å². The summed E-state index contributed by atoms with van der Waals surface area (Å²) in [5.74, 6) is 0.779. The smallest absolute Gasteiger partial charge is 0.330 e. The first-order valence-electron chi connectivity index (χ1n) is 6.38. The number of fused-ring (bicyclic) bond motifs is 1. The van der Waals surface area contributed by atoms with Gasteiger partial charge < -0.3 is 10.3 Å². The molecule has 2 heterocycles. The van der Waals surface area contributed by atoms with Crippen LogP contribution >= 0.6 is 0 Å². The topological polar surface area (TPSA) is 87.8 Å².